The molecule has 3 amide bonds. The summed E-state index contributed by atoms with van der Waals surface area (Å²) in [5.74, 6) is -0.581. The standard InChI is InChI=1S/C18H24ClN3O4/c1-12-9-14(19)7-8-15(12)26-11-17(24)22-21-16(23)10-20-18(25)13-5-3-2-4-6-13/h7-9,13H,2-6,10-11H2,1H3,(H,20,25)(H,21,23)(H,22,24). The van der Waals surface area contributed by atoms with Crippen LogP contribution in [0.5, 0.6) is 5.75 Å². The van der Waals surface area contributed by atoms with E-state index in [1.165, 1.54) is 0 Å². The van der Waals surface area contributed by atoms with Gasteiger partial charge in [0.05, 0.1) is 6.54 Å². The average Bonchev–Trinajstić information content (AvgIpc) is 2.64. The zero-order valence-electron chi connectivity index (χ0n) is 14.8. The smallest absolute Gasteiger partial charge is 0.276 e. The van der Waals surface area contributed by atoms with Gasteiger partial charge in [0, 0.05) is 10.9 Å². The first-order valence-electron chi connectivity index (χ1n) is 8.70. The number of amides is 3. The molecule has 26 heavy (non-hydrogen) atoms. The van der Waals surface area contributed by atoms with Crippen molar-refractivity contribution in [3.05, 3.63) is 28.8 Å². The van der Waals surface area contributed by atoms with Crippen molar-refractivity contribution in [1.82, 2.24) is 16.2 Å². The molecule has 0 aliphatic heterocycles. The number of aryl methyl sites for hydroxylation is 1. The third-order valence-corrected chi connectivity index (χ3v) is 4.47. The van der Waals surface area contributed by atoms with Gasteiger partial charge in [-0.1, -0.05) is 30.9 Å². The molecule has 0 saturated heterocycles. The summed E-state index contributed by atoms with van der Waals surface area (Å²) >= 11 is 5.85. The fourth-order valence-electron chi connectivity index (χ4n) is 2.81. The van der Waals surface area contributed by atoms with Crippen LogP contribution in [0, 0.1) is 12.8 Å². The number of ether oxygens (including phenoxy) is 1. The Balaban J connectivity index is 1.63. The fraction of sp³-hybridized carbons (Fsp3) is 0.500. The topological polar surface area (TPSA) is 96.5 Å². The van der Waals surface area contributed by atoms with Gasteiger partial charge in [-0.2, -0.15) is 0 Å². The van der Waals surface area contributed by atoms with Crippen molar-refractivity contribution >= 4 is 29.3 Å². The SMILES string of the molecule is Cc1cc(Cl)ccc1OCC(=O)NNC(=O)CNC(=O)C1CCCCC1. The Kier molecular flexibility index (Phi) is 7.72. The summed E-state index contributed by atoms with van der Waals surface area (Å²) in [6.45, 7) is 1.39. The quantitative estimate of drug-likeness (QED) is 0.655. The molecule has 1 saturated carbocycles. The molecule has 0 radical (unpaired) electrons. The lowest BCUT2D eigenvalue weighted by Gasteiger charge is -2.20. The molecule has 3 N–H and O–H groups in total. The molecule has 1 fully saturated rings. The van der Waals surface area contributed by atoms with Gasteiger partial charge in [-0.05, 0) is 43.5 Å². The van der Waals surface area contributed by atoms with Gasteiger partial charge in [0.2, 0.25) is 5.91 Å². The van der Waals surface area contributed by atoms with Crippen LogP contribution >= 0.6 is 11.6 Å². The van der Waals surface area contributed by atoms with Crippen molar-refractivity contribution in [2.24, 2.45) is 5.92 Å². The van der Waals surface area contributed by atoms with Crippen LogP contribution in [0.1, 0.15) is 37.7 Å². The second-order valence-electron chi connectivity index (χ2n) is 6.35. The molecule has 1 aromatic carbocycles. The van der Waals surface area contributed by atoms with Gasteiger partial charge in [0.25, 0.3) is 11.8 Å². The summed E-state index contributed by atoms with van der Waals surface area (Å²) in [5.41, 5.74) is 5.30. The van der Waals surface area contributed by atoms with Gasteiger partial charge in [-0.3, -0.25) is 25.2 Å². The van der Waals surface area contributed by atoms with Crippen molar-refractivity contribution in [2.45, 2.75) is 39.0 Å². The normalized spacial score (nSPS) is 14.4. The van der Waals surface area contributed by atoms with Gasteiger partial charge < -0.3 is 10.1 Å². The summed E-state index contributed by atoms with van der Waals surface area (Å²) in [7, 11) is 0. The first-order valence-corrected chi connectivity index (χ1v) is 9.08. The monoisotopic (exact) mass is 381 g/mol. The van der Waals surface area contributed by atoms with Crippen LogP contribution in [-0.4, -0.2) is 30.9 Å². The summed E-state index contributed by atoms with van der Waals surface area (Å²) in [4.78, 5) is 35.4. The average molecular weight is 382 g/mol. The maximum absolute atomic E-state index is 11.9. The number of hydrogen-bond acceptors (Lipinski definition) is 4. The van der Waals surface area contributed by atoms with Crippen molar-refractivity contribution < 1.29 is 19.1 Å². The van der Waals surface area contributed by atoms with E-state index in [1.54, 1.807) is 18.2 Å². The molecular formula is C18H24ClN3O4. The Morgan fingerprint density at radius 3 is 2.50 bits per heavy atom. The van der Waals surface area contributed by atoms with E-state index in [0.717, 1.165) is 37.7 Å². The Morgan fingerprint density at radius 1 is 1.12 bits per heavy atom. The highest BCUT2D eigenvalue weighted by Crippen LogP contribution is 2.23. The van der Waals surface area contributed by atoms with E-state index in [0.29, 0.717) is 10.8 Å². The zero-order valence-corrected chi connectivity index (χ0v) is 15.5. The zero-order chi connectivity index (χ0) is 18.9. The minimum absolute atomic E-state index is 0.0119. The van der Waals surface area contributed by atoms with Gasteiger partial charge in [-0.15, -0.1) is 0 Å². The van der Waals surface area contributed by atoms with E-state index in [1.807, 2.05) is 6.92 Å². The molecule has 7 nitrogen and oxygen atoms in total. The number of carbonyl (C=O) groups is 3. The molecule has 0 bridgehead atoms. The van der Waals surface area contributed by atoms with Crippen LogP contribution in [0.4, 0.5) is 0 Å². The van der Waals surface area contributed by atoms with E-state index in [4.69, 9.17) is 16.3 Å². The number of halogens is 1. The molecule has 0 aromatic heterocycles. The van der Waals surface area contributed by atoms with E-state index in [2.05, 4.69) is 16.2 Å². The van der Waals surface area contributed by atoms with Crippen molar-refractivity contribution in [3.63, 3.8) is 0 Å². The lowest BCUT2D eigenvalue weighted by Crippen LogP contribution is -2.48. The fourth-order valence-corrected chi connectivity index (χ4v) is 3.04. The van der Waals surface area contributed by atoms with Crippen LogP contribution in [0.25, 0.3) is 0 Å². The summed E-state index contributed by atoms with van der Waals surface area (Å²) in [5, 5.41) is 3.19. The van der Waals surface area contributed by atoms with Crippen LogP contribution in [0.2, 0.25) is 5.02 Å². The highest BCUT2D eigenvalue weighted by molar-refractivity contribution is 6.30. The maximum Gasteiger partial charge on any atom is 0.276 e. The third-order valence-electron chi connectivity index (χ3n) is 4.24. The molecule has 142 valence electrons. The first kappa shape index (κ1) is 20.0. The first-order chi connectivity index (χ1) is 12.5. The highest BCUT2D eigenvalue weighted by atomic mass is 35.5. The van der Waals surface area contributed by atoms with Crippen LogP contribution in [0.3, 0.4) is 0 Å². The minimum atomic E-state index is -0.508. The van der Waals surface area contributed by atoms with Crippen molar-refractivity contribution in [2.75, 3.05) is 13.2 Å². The van der Waals surface area contributed by atoms with Gasteiger partial charge >= 0.3 is 0 Å². The van der Waals surface area contributed by atoms with Crippen LogP contribution in [0.15, 0.2) is 18.2 Å². The Labute approximate surface area is 157 Å². The third kappa shape index (κ3) is 6.55. The molecule has 0 unspecified atom stereocenters. The molecule has 0 spiro atoms. The molecular weight excluding hydrogens is 358 g/mol. The van der Waals surface area contributed by atoms with Crippen LogP contribution in [-0.2, 0) is 14.4 Å². The van der Waals surface area contributed by atoms with Gasteiger partial charge in [0.15, 0.2) is 6.61 Å². The molecule has 1 aliphatic carbocycles. The Bertz CT molecular complexity index is 660. The number of hydrogen-bond donors (Lipinski definition) is 3. The largest absolute Gasteiger partial charge is 0.483 e. The van der Waals surface area contributed by atoms with Gasteiger partial charge in [0.1, 0.15) is 5.75 Å². The molecule has 2 rings (SSSR count). The number of nitrogens with one attached hydrogen (secondary N) is 3. The number of hydrazine groups is 1. The number of benzene rings is 1. The highest BCUT2D eigenvalue weighted by Gasteiger charge is 2.21. The minimum Gasteiger partial charge on any atom is -0.483 e. The summed E-state index contributed by atoms with van der Waals surface area (Å²) in [6.07, 6.45) is 4.99. The Morgan fingerprint density at radius 2 is 1.81 bits per heavy atom. The summed E-state index contributed by atoms with van der Waals surface area (Å²) < 4.78 is 5.37. The van der Waals surface area contributed by atoms with E-state index >= 15 is 0 Å². The number of carbonyl (C=O) groups excluding carboxylic acids is 3. The van der Waals surface area contributed by atoms with Crippen molar-refractivity contribution in [1.29, 1.82) is 0 Å². The predicted octanol–water partition coefficient (Wildman–Crippen LogP) is 1.87. The second-order valence-corrected chi connectivity index (χ2v) is 6.78. The predicted molar refractivity (Wildman–Crippen MR) is 97.6 cm³/mol. The second kappa shape index (κ2) is 10.0. The molecule has 1 aliphatic rings. The van der Waals surface area contributed by atoms with E-state index < -0.39 is 11.8 Å². The van der Waals surface area contributed by atoms with E-state index in [-0.39, 0.29) is 25.0 Å². The molecule has 1 aromatic rings. The lowest BCUT2D eigenvalue weighted by atomic mass is 9.89. The molecule has 8 heteroatoms. The number of rotatable bonds is 6. The van der Waals surface area contributed by atoms with Crippen LogP contribution < -0.4 is 20.9 Å². The summed E-state index contributed by atoms with van der Waals surface area (Å²) in [6, 6.07) is 5.06. The molecule has 0 heterocycles. The lowest BCUT2D eigenvalue weighted by molar-refractivity contribution is -0.131. The van der Waals surface area contributed by atoms with Crippen molar-refractivity contribution in [3.8, 4) is 5.75 Å². The Hall–Kier alpha value is -2.28. The maximum atomic E-state index is 11.9. The van der Waals surface area contributed by atoms with Gasteiger partial charge in [-0.25, -0.2) is 0 Å². The molecule has 0 atom stereocenters. The van der Waals surface area contributed by atoms with E-state index in [9.17, 15) is 14.4 Å².